The molecule has 114 valence electrons. The lowest BCUT2D eigenvalue weighted by molar-refractivity contribution is 0.315. The van der Waals surface area contributed by atoms with E-state index in [2.05, 4.69) is 50.1 Å². The zero-order valence-corrected chi connectivity index (χ0v) is 14.1. The first-order chi connectivity index (χ1) is 10.2. The van der Waals surface area contributed by atoms with Gasteiger partial charge in [0.15, 0.2) is 0 Å². The normalized spacial score (nSPS) is 12.4. The molecule has 2 aromatic heterocycles. The Bertz CT molecular complexity index is 560. The molecule has 2 rings (SSSR count). The van der Waals surface area contributed by atoms with Crippen molar-refractivity contribution in [3.8, 4) is 5.75 Å². The van der Waals surface area contributed by atoms with E-state index in [4.69, 9.17) is 4.74 Å². The Morgan fingerprint density at radius 2 is 2.05 bits per heavy atom. The van der Waals surface area contributed by atoms with Gasteiger partial charge in [0.05, 0.1) is 18.8 Å². The summed E-state index contributed by atoms with van der Waals surface area (Å²) in [7, 11) is 0. The third-order valence-corrected chi connectivity index (χ3v) is 4.64. The molecular weight excluding hydrogens is 280 g/mol. The maximum absolute atomic E-state index is 5.70. The van der Waals surface area contributed by atoms with Gasteiger partial charge in [0.2, 0.25) is 0 Å². The average Bonchev–Trinajstić information content (AvgIpc) is 2.82. The molecule has 3 nitrogen and oxygen atoms in total. The van der Waals surface area contributed by atoms with Gasteiger partial charge in [-0.3, -0.25) is 4.98 Å². The van der Waals surface area contributed by atoms with E-state index in [-0.39, 0.29) is 6.04 Å². The van der Waals surface area contributed by atoms with Gasteiger partial charge in [0.1, 0.15) is 5.75 Å². The minimum absolute atomic E-state index is 0.185. The van der Waals surface area contributed by atoms with Crippen molar-refractivity contribution in [2.45, 2.75) is 40.2 Å². The van der Waals surface area contributed by atoms with Crippen molar-refractivity contribution in [3.63, 3.8) is 0 Å². The first-order valence-corrected chi connectivity index (χ1v) is 8.35. The van der Waals surface area contributed by atoms with Crippen LogP contribution in [0.25, 0.3) is 0 Å². The molecule has 1 unspecified atom stereocenters. The van der Waals surface area contributed by atoms with Gasteiger partial charge < -0.3 is 10.1 Å². The summed E-state index contributed by atoms with van der Waals surface area (Å²) in [6.45, 7) is 10.2. The average molecular weight is 304 g/mol. The second-order valence-electron chi connectivity index (χ2n) is 5.18. The summed E-state index contributed by atoms with van der Waals surface area (Å²) >= 11 is 1.85. The SMILES string of the molecule is CCCOc1cncc(C(NCC)c2cc(C)c(C)s2)c1. The van der Waals surface area contributed by atoms with Gasteiger partial charge in [0, 0.05) is 16.0 Å². The molecule has 0 aliphatic rings. The van der Waals surface area contributed by atoms with Crippen LogP contribution >= 0.6 is 11.3 Å². The molecule has 2 aromatic rings. The summed E-state index contributed by atoms with van der Waals surface area (Å²) in [6.07, 6.45) is 4.72. The summed E-state index contributed by atoms with van der Waals surface area (Å²) in [5.74, 6) is 0.849. The first-order valence-electron chi connectivity index (χ1n) is 7.53. The first kappa shape index (κ1) is 16.0. The minimum atomic E-state index is 0.185. The molecule has 0 fully saturated rings. The summed E-state index contributed by atoms with van der Waals surface area (Å²) in [4.78, 5) is 7.04. The van der Waals surface area contributed by atoms with Crippen LogP contribution in [0.15, 0.2) is 24.5 Å². The van der Waals surface area contributed by atoms with Crippen molar-refractivity contribution in [1.29, 1.82) is 0 Å². The van der Waals surface area contributed by atoms with E-state index in [0.717, 1.165) is 30.9 Å². The quantitative estimate of drug-likeness (QED) is 0.830. The maximum atomic E-state index is 5.70. The number of aromatic nitrogens is 1. The van der Waals surface area contributed by atoms with Crippen LogP contribution in [0.4, 0.5) is 0 Å². The van der Waals surface area contributed by atoms with Gasteiger partial charge >= 0.3 is 0 Å². The Morgan fingerprint density at radius 3 is 2.67 bits per heavy atom. The van der Waals surface area contributed by atoms with E-state index in [0.29, 0.717) is 0 Å². The number of rotatable bonds is 7. The molecule has 0 spiro atoms. The van der Waals surface area contributed by atoms with Gasteiger partial charge in [-0.15, -0.1) is 11.3 Å². The van der Waals surface area contributed by atoms with Crippen molar-refractivity contribution in [3.05, 3.63) is 45.4 Å². The van der Waals surface area contributed by atoms with Crippen LogP contribution < -0.4 is 10.1 Å². The molecule has 21 heavy (non-hydrogen) atoms. The van der Waals surface area contributed by atoms with Gasteiger partial charge in [-0.05, 0) is 50.1 Å². The van der Waals surface area contributed by atoms with Gasteiger partial charge in [-0.2, -0.15) is 0 Å². The van der Waals surface area contributed by atoms with Crippen LogP contribution in [0.2, 0.25) is 0 Å². The molecule has 1 N–H and O–H groups in total. The van der Waals surface area contributed by atoms with Crippen LogP contribution in [0.3, 0.4) is 0 Å². The second kappa shape index (κ2) is 7.57. The number of ether oxygens (including phenoxy) is 1. The number of nitrogens with zero attached hydrogens (tertiary/aromatic N) is 1. The van der Waals surface area contributed by atoms with Crippen molar-refractivity contribution in [2.75, 3.05) is 13.2 Å². The second-order valence-corrected chi connectivity index (χ2v) is 6.47. The Balaban J connectivity index is 2.29. The molecule has 0 saturated carbocycles. The topological polar surface area (TPSA) is 34.1 Å². The van der Waals surface area contributed by atoms with Crippen molar-refractivity contribution < 1.29 is 4.74 Å². The molecular formula is C17H24N2OS. The molecule has 0 amide bonds. The van der Waals surface area contributed by atoms with Crippen LogP contribution in [-0.4, -0.2) is 18.1 Å². The highest BCUT2D eigenvalue weighted by molar-refractivity contribution is 7.12. The third-order valence-electron chi connectivity index (χ3n) is 3.42. The molecule has 4 heteroatoms. The van der Waals surface area contributed by atoms with Crippen molar-refractivity contribution in [1.82, 2.24) is 10.3 Å². The highest BCUT2D eigenvalue weighted by Crippen LogP contribution is 2.31. The largest absolute Gasteiger partial charge is 0.492 e. The Labute approximate surface area is 131 Å². The fourth-order valence-electron chi connectivity index (χ4n) is 2.22. The number of pyridine rings is 1. The van der Waals surface area contributed by atoms with Crippen LogP contribution in [-0.2, 0) is 0 Å². The molecule has 0 saturated heterocycles. The third kappa shape index (κ3) is 4.05. The lowest BCUT2D eigenvalue weighted by Gasteiger charge is -2.17. The predicted octanol–water partition coefficient (Wildman–Crippen LogP) is 4.25. The number of thiophene rings is 1. The van der Waals surface area contributed by atoms with Crippen molar-refractivity contribution in [2.24, 2.45) is 0 Å². The monoisotopic (exact) mass is 304 g/mol. The van der Waals surface area contributed by atoms with Crippen molar-refractivity contribution >= 4 is 11.3 Å². The van der Waals surface area contributed by atoms with E-state index >= 15 is 0 Å². The lowest BCUT2D eigenvalue weighted by Crippen LogP contribution is -2.21. The van der Waals surface area contributed by atoms with Crippen LogP contribution in [0, 0.1) is 13.8 Å². The van der Waals surface area contributed by atoms with Gasteiger partial charge in [-0.1, -0.05) is 13.8 Å². The standard InChI is InChI=1S/C17H24N2OS/c1-5-7-20-15-9-14(10-18-11-15)17(19-6-2)16-8-12(3)13(4)21-16/h8-11,17,19H,5-7H2,1-4H3. The van der Waals surface area contributed by atoms with Gasteiger partial charge in [-0.25, -0.2) is 0 Å². The zero-order chi connectivity index (χ0) is 15.2. The summed E-state index contributed by atoms with van der Waals surface area (Å²) in [5.41, 5.74) is 2.51. The predicted molar refractivity (Wildman–Crippen MR) is 89.3 cm³/mol. The van der Waals surface area contributed by atoms with E-state index in [1.165, 1.54) is 15.3 Å². The van der Waals surface area contributed by atoms with E-state index < -0.39 is 0 Å². The highest BCUT2D eigenvalue weighted by Gasteiger charge is 2.17. The molecule has 0 bridgehead atoms. The van der Waals surface area contributed by atoms with E-state index in [1.807, 2.05) is 17.5 Å². The Hall–Kier alpha value is -1.39. The number of aryl methyl sites for hydroxylation is 2. The van der Waals surface area contributed by atoms with Crippen LogP contribution in [0.5, 0.6) is 5.75 Å². The Kier molecular flexibility index (Phi) is 5.76. The maximum Gasteiger partial charge on any atom is 0.137 e. The molecule has 1 atom stereocenters. The van der Waals surface area contributed by atoms with E-state index in [9.17, 15) is 0 Å². The number of hydrogen-bond donors (Lipinski definition) is 1. The number of hydrogen-bond acceptors (Lipinski definition) is 4. The fraction of sp³-hybridized carbons (Fsp3) is 0.471. The summed E-state index contributed by atoms with van der Waals surface area (Å²) in [6, 6.07) is 4.55. The molecule has 0 aliphatic carbocycles. The fourth-order valence-corrected chi connectivity index (χ4v) is 3.37. The van der Waals surface area contributed by atoms with E-state index in [1.54, 1.807) is 6.20 Å². The molecule has 0 aliphatic heterocycles. The summed E-state index contributed by atoms with van der Waals surface area (Å²) in [5, 5.41) is 3.55. The zero-order valence-electron chi connectivity index (χ0n) is 13.3. The molecule has 2 heterocycles. The summed E-state index contributed by atoms with van der Waals surface area (Å²) < 4.78 is 5.70. The molecule has 0 radical (unpaired) electrons. The minimum Gasteiger partial charge on any atom is -0.492 e. The van der Waals surface area contributed by atoms with Gasteiger partial charge in [0.25, 0.3) is 0 Å². The molecule has 0 aromatic carbocycles. The Morgan fingerprint density at radius 1 is 1.24 bits per heavy atom. The highest BCUT2D eigenvalue weighted by atomic mass is 32.1. The lowest BCUT2D eigenvalue weighted by atomic mass is 10.1. The smallest absolute Gasteiger partial charge is 0.137 e. The number of nitrogens with one attached hydrogen (secondary N) is 1. The van der Waals surface area contributed by atoms with Crippen LogP contribution in [0.1, 0.15) is 47.2 Å².